The van der Waals surface area contributed by atoms with Crippen molar-refractivity contribution in [2.24, 2.45) is 5.73 Å². The van der Waals surface area contributed by atoms with Crippen molar-refractivity contribution in [2.75, 3.05) is 7.11 Å². The number of methoxy groups -OCH3 is 1. The van der Waals surface area contributed by atoms with E-state index >= 15 is 0 Å². The number of hydrogen-bond donors (Lipinski definition) is 3. The van der Waals surface area contributed by atoms with E-state index in [1.54, 1.807) is 12.1 Å². The molecule has 6 nitrogen and oxygen atoms in total. The summed E-state index contributed by atoms with van der Waals surface area (Å²) in [5.41, 5.74) is 4.67. The molecule has 1 fully saturated rings. The smallest absolute Gasteiger partial charge is 0.241 e. The van der Waals surface area contributed by atoms with Crippen LogP contribution in [0.1, 0.15) is 25.7 Å². The summed E-state index contributed by atoms with van der Waals surface area (Å²) in [5, 5.41) is 7.68. The van der Waals surface area contributed by atoms with Crippen molar-refractivity contribution in [3.05, 3.63) is 24.3 Å². The van der Waals surface area contributed by atoms with Gasteiger partial charge >= 0.3 is 0 Å². The molecule has 110 valence electrons. The summed E-state index contributed by atoms with van der Waals surface area (Å²) >= 11 is 0. The van der Waals surface area contributed by atoms with Crippen LogP contribution in [0, 0.1) is 5.41 Å². The molecular weight excluding hydrogens is 278 g/mol. The minimum absolute atomic E-state index is 0.118. The first-order valence-electron chi connectivity index (χ1n) is 6.42. The number of nitrogens with two attached hydrogens (primary N) is 1. The van der Waals surface area contributed by atoms with Crippen LogP contribution in [0.4, 0.5) is 0 Å². The van der Waals surface area contributed by atoms with Gasteiger partial charge in [-0.25, -0.2) is 8.42 Å². The largest absolute Gasteiger partial charge is 0.497 e. The first kappa shape index (κ1) is 14.8. The first-order valence-corrected chi connectivity index (χ1v) is 7.90. The van der Waals surface area contributed by atoms with Crippen LogP contribution in [0.25, 0.3) is 0 Å². The van der Waals surface area contributed by atoms with E-state index in [0.29, 0.717) is 18.6 Å². The minimum atomic E-state index is -3.70. The van der Waals surface area contributed by atoms with E-state index in [9.17, 15) is 8.42 Å². The second kappa shape index (κ2) is 5.41. The van der Waals surface area contributed by atoms with Crippen LogP contribution in [-0.2, 0) is 10.0 Å². The summed E-state index contributed by atoms with van der Waals surface area (Å²) in [6.07, 6.45) is 2.87. The van der Waals surface area contributed by atoms with E-state index in [1.165, 1.54) is 19.2 Å². The fourth-order valence-corrected chi connectivity index (χ4v) is 3.92. The maximum absolute atomic E-state index is 12.4. The van der Waals surface area contributed by atoms with E-state index < -0.39 is 15.6 Å². The van der Waals surface area contributed by atoms with E-state index in [0.717, 1.165) is 12.8 Å². The van der Waals surface area contributed by atoms with E-state index in [-0.39, 0.29) is 10.7 Å². The summed E-state index contributed by atoms with van der Waals surface area (Å²) in [5.74, 6) is 0.471. The zero-order chi connectivity index (χ0) is 14.8. The molecule has 0 saturated heterocycles. The molecule has 1 saturated carbocycles. The number of nitrogens with one attached hydrogen (secondary N) is 2. The normalized spacial score (nSPS) is 17.9. The molecule has 0 unspecified atom stereocenters. The Morgan fingerprint density at radius 1 is 1.30 bits per heavy atom. The van der Waals surface area contributed by atoms with Gasteiger partial charge in [-0.3, -0.25) is 5.41 Å². The Hall–Kier alpha value is -1.60. The highest BCUT2D eigenvalue weighted by Gasteiger charge is 2.40. The van der Waals surface area contributed by atoms with Gasteiger partial charge in [0, 0.05) is 0 Å². The molecular formula is C13H19N3O3S. The van der Waals surface area contributed by atoms with Gasteiger partial charge < -0.3 is 10.5 Å². The van der Waals surface area contributed by atoms with Gasteiger partial charge in [-0.05, 0) is 37.1 Å². The quantitative estimate of drug-likeness (QED) is 0.561. The third-order valence-corrected chi connectivity index (χ3v) is 5.22. The Morgan fingerprint density at radius 3 is 2.30 bits per heavy atom. The highest BCUT2D eigenvalue weighted by Crippen LogP contribution is 2.31. The van der Waals surface area contributed by atoms with Gasteiger partial charge in [-0.1, -0.05) is 12.8 Å². The SMILES string of the molecule is COc1ccc(S(=O)(=O)NC2(C(=N)N)CCCC2)cc1. The van der Waals surface area contributed by atoms with Gasteiger partial charge in [0.1, 0.15) is 11.6 Å². The molecule has 2 rings (SSSR count). The zero-order valence-electron chi connectivity index (χ0n) is 11.3. The van der Waals surface area contributed by atoms with Crippen LogP contribution < -0.4 is 15.2 Å². The number of rotatable bonds is 5. The lowest BCUT2D eigenvalue weighted by Crippen LogP contribution is -2.55. The topological polar surface area (TPSA) is 105 Å². The molecule has 0 bridgehead atoms. The summed E-state index contributed by atoms with van der Waals surface area (Å²) in [6, 6.07) is 6.13. The maximum Gasteiger partial charge on any atom is 0.241 e. The lowest BCUT2D eigenvalue weighted by atomic mass is 9.98. The summed E-state index contributed by atoms with van der Waals surface area (Å²) in [4.78, 5) is 0.144. The first-order chi connectivity index (χ1) is 9.39. The predicted octanol–water partition coefficient (Wildman–Crippen LogP) is 1.22. The maximum atomic E-state index is 12.4. The Balaban J connectivity index is 2.27. The van der Waals surface area contributed by atoms with Crippen LogP contribution in [0.2, 0.25) is 0 Å². The van der Waals surface area contributed by atoms with Crippen molar-refractivity contribution in [1.82, 2.24) is 4.72 Å². The number of amidine groups is 1. The van der Waals surface area contributed by atoms with Crippen LogP contribution in [0.5, 0.6) is 5.75 Å². The second-order valence-electron chi connectivity index (χ2n) is 4.98. The van der Waals surface area contributed by atoms with Crippen molar-refractivity contribution in [2.45, 2.75) is 36.1 Å². The predicted molar refractivity (Wildman–Crippen MR) is 76.4 cm³/mol. The van der Waals surface area contributed by atoms with Crippen molar-refractivity contribution < 1.29 is 13.2 Å². The summed E-state index contributed by atoms with van der Waals surface area (Å²) in [6.45, 7) is 0. The summed E-state index contributed by atoms with van der Waals surface area (Å²) < 4.78 is 32.4. The van der Waals surface area contributed by atoms with Gasteiger partial charge in [0.15, 0.2) is 0 Å². The monoisotopic (exact) mass is 297 g/mol. The molecule has 0 amide bonds. The van der Waals surface area contributed by atoms with Gasteiger partial charge in [0.05, 0.1) is 17.5 Å². The van der Waals surface area contributed by atoms with E-state index in [1.807, 2.05) is 0 Å². The molecule has 0 spiro atoms. The van der Waals surface area contributed by atoms with Crippen LogP contribution in [-0.4, -0.2) is 26.9 Å². The number of benzene rings is 1. The van der Waals surface area contributed by atoms with Crippen LogP contribution >= 0.6 is 0 Å². The van der Waals surface area contributed by atoms with Crippen molar-refractivity contribution in [1.29, 1.82) is 5.41 Å². The average molecular weight is 297 g/mol. The molecule has 0 aliphatic heterocycles. The molecule has 1 aliphatic carbocycles. The Labute approximate surface area is 118 Å². The van der Waals surface area contributed by atoms with E-state index in [2.05, 4.69) is 4.72 Å². The number of ether oxygens (including phenoxy) is 1. The standard InChI is InChI=1S/C13H19N3O3S/c1-19-10-4-6-11(7-5-10)20(17,18)16-13(12(14)15)8-2-3-9-13/h4-7,16H,2-3,8-9H2,1H3,(H3,14,15). The molecule has 0 heterocycles. The van der Waals surface area contributed by atoms with Gasteiger partial charge in [-0.2, -0.15) is 4.72 Å². The molecule has 1 aromatic carbocycles. The third-order valence-electron chi connectivity index (χ3n) is 3.67. The highest BCUT2D eigenvalue weighted by molar-refractivity contribution is 7.89. The molecule has 4 N–H and O–H groups in total. The Morgan fingerprint density at radius 2 is 1.85 bits per heavy atom. The Kier molecular flexibility index (Phi) is 4.01. The molecule has 0 radical (unpaired) electrons. The summed E-state index contributed by atoms with van der Waals surface area (Å²) in [7, 11) is -2.18. The average Bonchev–Trinajstić information content (AvgIpc) is 2.88. The van der Waals surface area contributed by atoms with Crippen molar-refractivity contribution >= 4 is 15.9 Å². The van der Waals surface area contributed by atoms with Crippen LogP contribution in [0.15, 0.2) is 29.2 Å². The highest BCUT2D eigenvalue weighted by atomic mass is 32.2. The lowest BCUT2D eigenvalue weighted by molar-refractivity contribution is 0.414. The number of sulfonamides is 1. The van der Waals surface area contributed by atoms with Gasteiger partial charge in [-0.15, -0.1) is 0 Å². The Bertz CT molecular complexity index is 590. The van der Waals surface area contributed by atoms with Crippen molar-refractivity contribution in [3.63, 3.8) is 0 Å². The molecule has 1 aliphatic rings. The van der Waals surface area contributed by atoms with Crippen molar-refractivity contribution in [3.8, 4) is 5.75 Å². The fourth-order valence-electron chi connectivity index (χ4n) is 2.48. The molecule has 0 atom stereocenters. The minimum Gasteiger partial charge on any atom is -0.497 e. The van der Waals surface area contributed by atoms with Gasteiger partial charge in [0.25, 0.3) is 0 Å². The number of hydrogen-bond acceptors (Lipinski definition) is 4. The zero-order valence-corrected chi connectivity index (χ0v) is 12.2. The third kappa shape index (κ3) is 2.78. The van der Waals surface area contributed by atoms with Gasteiger partial charge in [0.2, 0.25) is 10.0 Å². The molecule has 1 aromatic rings. The molecule has 7 heteroatoms. The van der Waals surface area contributed by atoms with E-state index in [4.69, 9.17) is 15.9 Å². The molecule has 20 heavy (non-hydrogen) atoms. The van der Waals surface area contributed by atoms with Crippen LogP contribution in [0.3, 0.4) is 0 Å². The molecule has 0 aromatic heterocycles. The lowest BCUT2D eigenvalue weighted by Gasteiger charge is -2.28. The fraction of sp³-hybridized carbons (Fsp3) is 0.462. The second-order valence-corrected chi connectivity index (χ2v) is 6.67.